The van der Waals surface area contributed by atoms with E-state index in [9.17, 15) is 4.79 Å². The maximum Gasteiger partial charge on any atom is 0.384 e. The normalized spacial score (nSPS) is 28.7. The van der Waals surface area contributed by atoms with E-state index in [4.69, 9.17) is 9.47 Å². The number of hydrogen-bond acceptors (Lipinski definition) is 3. The predicted octanol–water partition coefficient (Wildman–Crippen LogP) is 1.45. The molecular weight excluding hydrogens is 192 g/mol. The van der Waals surface area contributed by atoms with E-state index in [1.165, 1.54) is 0 Å². The summed E-state index contributed by atoms with van der Waals surface area (Å²) >= 11 is 0. The first kappa shape index (κ1) is 11.5. The number of ether oxygens (including phenoxy) is 2. The van der Waals surface area contributed by atoms with Crippen molar-refractivity contribution in [3.05, 3.63) is 25.3 Å². The van der Waals surface area contributed by atoms with Crippen molar-refractivity contribution < 1.29 is 14.3 Å². The van der Waals surface area contributed by atoms with E-state index in [-0.39, 0.29) is 18.3 Å². The molecule has 0 spiro atoms. The number of esters is 1. The Hall–Kier alpha value is -1.53. The maximum atomic E-state index is 11.1. The van der Waals surface area contributed by atoms with Gasteiger partial charge in [-0.05, 0) is 6.92 Å². The summed E-state index contributed by atoms with van der Waals surface area (Å²) in [5.41, 5.74) is 0. The summed E-state index contributed by atoms with van der Waals surface area (Å²) in [4.78, 5) is 11.1. The number of rotatable bonds is 3. The Morgan fingerprint density at radius 3 is 2.80 bits per heavy atom. The average Bonchev–Trinajstić information content (AvgIpc) is 2.60. The molecule has 0 unspecified atom stereocenters. The Morgan fingerprint density at radius 2 is 2.27 bits per heavy atom. The molecule has 0 aromatic carbocycles. The van der Waals surface area contributed by atoms with E-state index < -0.39 is 5.97 Å². The molecule has 0 radical (unpaired) electrons. The number of carbonyl (C=O) groups is 1. The van der Waals surface area contributed by atoms with Crippen molar-refractivity contribution in [1.29, 1.82) is 0 Å². The molecule has 1 aliphatic heterocycles. The zero-order chi connectivity index (χ0) is 11.3. The van der Waals surface area contributed by atoms with Crippen molar-refractivity contribution in [2.75, 3.05) is 0 Å². The monoisotopic (exact) mass is 206 g/mol. The Labute approximate surface area is 89.8 Å². The zero-order valence-corrected chi connectivity index (χ0v) is 8.73. The fraction of sp³-hybridized carbons (Fsp3) is 0.417. The van der Waals surface area contributed by atoms with E-state index in [1.807, 2.05) is 0 Å². The SMILES string of the molecule is C=C[C@H]1C[C@@H](OC(=O)C#CC)[C@@H](C=C)O1. The fourth-order valence-electron chi connectivity index (χ4n) is 1.45. The van der Waals surface area contributed by atoms with Crippen molar-refractivity contribution in [1.82, 2.24) is 0 Å². The lowest BCUT2D eigenvalue weighted by Crippen LogP contribution is -2.24. The van der Waals surface area contributed by atoms with Crippen molar-refractivity contribution in [2.45, 2.75) is 31.7 Å². The minimum atomic E-state index is -0.525. The van der Waals surface area contributed by atoms with Crippen molar-refractivity contribution in [3.63, 3.8) is 0 Å². The van der Waals surface area contributed by atoms with Crippen LogP contribution in [0.1, 0.15) is 13.3 Å². The van der Waals surface area contributed by atoms with Crippen molar-refractivity contribution >= 4 is 5.97 Å². The quantitative estimate of drug-likeness (QED) is 0.303. The average molecular weight is 206 g/mol. The highest BCUT2D eigenvalue weighted by molar-refractivity contribution is 5.88. The highest BCUT2D eigenvalue weighted by Gasteiger charge is 2.34. The lowest BCUT2D eigenvalue weighted by molar-refractivity contribution is -0.143. The smallest absolute Gasteiger partial charge is 0.384 e. The molecule has 3 atom stereocenters. The van der Waals surface area contributed by atoms with E-state index in [2.05, 4.69) is 25.0 Å². The van der Waals surface area contributed by atoms with E-state index in [0.29, 0.717) is 6.42 Å². The van der Waals surface area contributed by atoms with Gasteiger partial charge in [-0.25, -0.2) is 4.79 Å². The molecule has 3 nitrogen and oxygen atoms in total. The summed E-state index contributed by atoms with van der Waals surface area (Å²) in [6.07, 6.45) is 3.27. The van der Waals surface area contributed by atoms with Gasteiger partial charge in [-0.2, -0.15) is 0 Å². The van der Waals surface area contributed by atoms with Gasteiger partial charge >= 0.3 is 5.97 Å². The molecule has 1 saturated heterocycles. The molecule has 0 aromatic rings. The minimum Gasteiger partial charge on any atom is -0.450 e. The van der Waals surface area contributed by atoms with Crippen LogP contribution in [0.2, 0.25) is 0 Å². The van der Waals surface area contributed by atoms with Gasteiger partial charge in [-0.1, -0.05) is 18.1 Å². The summed E-state index contributed by atoms with van der Waals surface area (Å²) < 4.78 is 10.6. The first-order valence-electron chi connectivity index (χ1n) is 4.75. The van der Waals surface area contributed by atoms with Gasteiger partial charge in [0, 0.05) is 12.3 Å². The standard InChI is InChI=1S/C12H14O3/c1-4-7-12(13)15-11-8-9(5-2)14-10(11)6-3/h5-6,9-11H,2-3,8H2,1H3/t9-,10+,11+/m0/s1. The largest absolute Gasteiger partial charge is 0.450 e. The highest BCUT2D eigenvalue weighted by atomic mass is 16.6. The third-order valence-electron chi connectivity index (χ3n) is 2.14. The van der Waals surface area contributed by atoms with E-state index >= 15 is 0 Å². The van der Waals surface area contributed by atoms with Crippen LogP contribution in [0.5, 0.6) is 0 Å². The van der Waals surface area contributed by atoms with Crippen LogP contribution in [0.4, 0.5) is 0 Å². The van der Waals surface area contributed by atoms with Crippen molar-refractivity contribution in [3.8, 4) is 11.8 Å². The van der Waals surface area contributed by atoms with Crippen LogP contribution in [0.15, 0.2) is 25.3 Å². The maximum absolute atomic E-state index is 11.1. The molecule has 0 amide bonds. The van der Waals surface area contributed by atoms with Crippen LogP contribution in [0.3, 0.4) is 0 Å². The van der Waals surface area contributed by atoms with Gasteiger partial charge in [0.1, 0.15) is 12.2 Å². The molecule has 0 aliphatic carbocycles. The van der Waals surface area contributed by atoms with Gasteiger partial charge in [0.15, 0.2) is 0 Å². The molecular formula is C12H14O3. The topological polar surface area (TPSA) is 35.5 Å². The Morgan fingerprint density at radius 1 is 1.53 bits per heavy atom. The van der Waals surface area contributed by atoms with Gasteiger partial charge in [-0.15, -0.1) is 13.2 Å². The molecule has 0 bridgehead atoms. The molecule has 1 aliphatic rings. The van der Waals surface area contributed by atoms with E-state index in [0.717, 1.165) is 0 Å². The molecule has 0 N–H and O–H groups in total. The molecule has 0 aromatic heterocycles. The van der Waals surface area contributed by atoms with Gasteiger partial charge < -0.3 is 9.47 Å². The van der Waals surface area contributed by atoms with Crippen LogP contribution in [-0.4, -0.2) is 24.3 Å². The minimum absolute atomic E-state index is 0.0830. The molecule has 0 saturated carbocycles. The summed E-state index contributed by atoms with van der Waals surface area (Å²) in [5, 5.41) is 0. The second-order valence-corrected chi connectivity index (χ2v) is 3.17. The molecule has 1 rings (SSSR count). The van der Waals surface area contributed by atoms with Gasteiger partial charge in [0.25, 0.3) is 0 Å². The first-order chi connectivity index (χ1) is 7.21. The number of carbonyl (C=O) groups excluding carboxylic acids is 1. The highest BCUT2D eigenvalue weighted by Crippen LogP contribution is 2.24. The lowest BCUT2D eigenvalue weighted by atomic mass is 10.1. The van der Waals surface area contributed by atoms with Gasteiger partial charge in [0.05, 0.1) is 6.10 Å². The van der Waals surface area contributed by atoms with Crippen LogP contribution in [0.25, 0.3) is 0 Å². The van der Waals surface area contributed by atoms with Crippen LogP contribution < -0.4 is 0 Å². The lowest BCUT2D eigenvalue weighted by Gasteiger charge is -2.13. The molecule has 15 heavy (non-hydrogen) atoms. The van der Waals surface area contributed by atoms with Crippen LogP contribution in [0, 0.1) is 11.8 Å². The van der Waals surface area contributed by atoms with E-state index in [1.54, 1.807) is 19.1 Å². The van der Waals surface area contributed by atoms with Gasteiger partial charge in [-0.3, -0.25) is 0 Å². The first-order valence-corrected chi connectivity index (χ1v) is 4.75. The Balaban J connectivity index is 2.59. The molecule has 1 heterocycles. The zero-order valence-electron chi connectivity index (χ0n) is 8.73. The third kappa shape index (κ3) is 2.97. The Bertz CT molecular complexity index is 321. The predicted molar refractivity (Wildman–Crippen MR) is 57.0 cm³/mol. The Kier molecular flexibility index (Phi) is 4.14. The summed E-state index contributed by atoms with van der Waals surface area (Å²) in [7, 11) is 0. The summed E-state index contributed by atoms with van der Waals surface area (Å²) in [5.74, 6) is 4.29. The second-order valence-electron chi connectivity index (χ2n) is 3.17. The summed E-state index contributed by atoms with van der Waals surface area (Å²) in [6.45, 7) is 8.85. The molecule has 80 valence electrons. The van der Waals surface area contributed by atoms with Gasteiger partial charge in [0.2, 0.25) is 0 Å². The van der Waals surface area contributed by atoms with Crippen molar-refractivity contribution in [2.24, 2.45) is 0 Å². The van der Waals surface area contributed by atoms with Crippen LogP contribution >= 0.6 is 0 Å². The summed E-state index contributed by atoms with van der Waals surface area (Å²) in [6, 6.07) is 0. The second kappa shape index (κ2) is 5.38. The van der Waals surface area contributed by atoms with Crippen LogP contribution in [-0.2, 0) is 14.3 Å². The third-order valence-corrected chi connectivity index (χ3v) is 2.14. The fourth-order valence-corrected chi connectivity index (χ4v) is 1.45. The molecule has 1 fully saturated rings. The molecule has 3 heteroatoms. The number of hydrogen-bond donors (Lipinski definition) is 0.